The van der Waals surface area contributed by atoms with E-state index in [0.29, 0.717) is 6.42 Å². The molecule has 0 amide bonds. The van der Waals surface area contributed by atoms with E-state index in [0.717, 1.165) is 16.9 Å². The summed E-state index contributed by atoms with van der Waals surface area (Å²) in [5.41, 5.74) is 3.27. The normalized spacial score (nSPS) is 25.4. The van der Waals surface area contributed by atoms with Gasteiger partial charge in [-0.25, -0.2) is 0 Å². The van der Waals surface area contributed by atoms with Gasteiger partial charge >= 0.3 is 0 Å². The maximum Gasteiger partial charge on any atom is 0.126 e. The molecule has 1 aliphatic heterocycles. The smallest absolute Gasteiger partial charge is 0.126 e. The van der Waals surface area contributed by atoms with Crippen LogP contribution in [-0.2, 0) is 0 Å². The van der Waals surface area contributed by atoms with E-state index in [2.05, 4.69) is 6.07 Å². The van der Waals surface area contributed by atoms with Crippen LogP contribution in [0.5, 0.6) is 5.75 Å². The zero-order chi connectivity index (χ0) is 10.3. The molecule has 2 unspecified atom stereocenters. The number of benzene rings is 1. The Morgan fingerprint density at radius 1 is 1.36 bits per heavy atom. The molecule has 0 aromatic heterocycles. The molecule has 0 saturated heterocycles. The third-order valence-corrected chi connectivity index (χ3v) is 2.71. The average Bonchev–Trinajstić information content (AvgIpc) is 1.99. The predicted molar refractivity (Wildman–Crippen MR) is 55.6 cm³/mol. The van der Waals surface area contributed by atoms with Gasteiger partial charge in [-0.05, 0) is 38.0 Å². The van der Waals surface area contributed by atoms with Gasteiger partial charge in [0.05, 0.1) is 12.2 Å². The molecule has 2 heteroatoms. The van der Waals surface area contributed by atoms with Gasteiger partial charge in [0.1, 0.15) is 5.75 Å². The quantitative estimate of drug-likeness (QED) is 0.684. The Balaban J connectivity index is 2.53. The van der Waals surface area contributed by atoms with Crippen LogP contribution in [0.15, 0.2) is 12.1 Å². The van der Waals surface area contributed by atoms with Crippen LogP contribution in [0.1, 0.15) is 36.1 Å². The summed E-state index contributed by atoms with van der Waals surface area (Å²) in [6.07, 6.45) is 0.435. The van der Waals surface area contributed by atoms with Crippen molar-refractivity contribution >= 4 is 0 Å². The Bertz CT molecular complexity index is 358. The van der Waals surface area contributed by atoms with Crippen LogP contribution < -0.4 is 4.74 Å². The molecule has 0 bridgehead atoms. The van der Waals surface area contributed by atoms with E-state index in [1.807, 2.05) is 26.8 Å². The molecule has 1 N–H and O–H groups in total. The van der Waals surface area contributed by atoms with E-state index in [9.17, 15) is 5.11 Å². The molecule has 0 saturated carbocycles. The van der Waals surface area contributed by atoms with Crippen molar-refractivity contribution in [3.05, 3.63) is 28.8 Å². The van der Waals surface area contributed by atoms with Crippen molar-refractivity contribution in [3.8, 4) is 5.75 Å². The van der Waals surface area contributed by atoms with Gasteiger partial charge in [-0.2, -0.15) is 0 Å². The maximum atomic E-state index is 9.92. The summed E-state index contributed by atoms with van der Waals surface area (Å²) in [5.74, 6) is 0.855. The van der Waals surface area contributed by atoms with Crippen LogP contribution in [-0.4, -0.2) is 11.2 Å². The van der Waals surface area contributed by atoms with Crippen LogP contribution >= 0.6 is 0 Å². The summed E-state index contributed by atoms with van der Waals surface area (Å²) in [5, 5.41) is 9.92. The van der Waals surface area contributed by atoms with Gasteiger partial charge in [0.15, 0.2) is 0 Å². The fourth-order valence-corrected chi connectivity index (χ4v) is 2.16. The highest BCUT2D eigenvalue weighted by Crippen LogP contribution is 2.37. The van der Waals surface area contributed by atoms with Gasteiger partial charge in [0.2, 0.25) is 0 Å². The molecule has 2 atom stereocenters. The van der Waals surface area contributed by atoms with E-state index in [1.165, 1.54) is 5.56 Å². The van der Waals surface area contributed by atoms with Crippen LogP contribution in [0, 0.1) is 13.8 Å². The van der Waals surface area contributed by atoms with Crippen LogP contribution in [0.4, 0.5) is 0 Å². The standard InChI is InChI=1S/C12H16O2/c1-7-4-8(2)12-10(13)6-9(3)14-11(12)5-7/h4-5,9-10,13H,6H2,1-3H3. The zero-order valence-electron chi connectivity index (χ0n) is 8.87. The topological polar surface area (TPSA) is 29.5 Å². The molecule has 2 rings (SSSR count). The Morgan fingerprint density at radius 3 is 2.79 bits per heavy atom. The molecule has 14 heavy (non-hydrogen) atoms. The molecule has 2 nitrogen and oxygen atoms in total. The van der Waals surface area contributed by atoms with Crippen LogP contribution in [0.2, 0.25) is 0 Å². The molecule has 1 aromatic rings. The second-order valence-electron chi connectivity index (χ2n) is 4.17. The summed E-state index contributed by atoms with van der Waals surface area (Å²) in [4.78, 5) is 0. The van der Waals surface area contributed by atoms with Crippen molar-refractivity contribution in [3.63, 3.8) is 0 Å². The molecular formula is C12H16O2. The monoisotopic (exact) mass is 192 g/mol. The summed E-state index contributed by atoms with van der Waals surface area (Å²) in [6.45, 7) is 6.06. The highest BCUT2D eigenvalue weighted by molar-refractivity contribution is 5.45. The van der Waals surface area contributed by atoms with E-state index in [4.69, 9.17) is 4.74 Å². The Morgan fingerprint density at radius 2 is 2.07 bits per heavy atom. The van der Waals surface area contributed by atoms with Crippen molar-refractivity contribution in [2.24, 2.45) is 0 Å². The first kappa shape index (κ1) is 9.53. The average molecular weight is 192 g/mol. The second-order valence-corrected chi connectivity index (χ2v) is 4.17. The first-order valence-corrected chi connectivity index (χ1v) is 5.04. The van der Waals surface area contributed by atoms with Gasteiger partial charge in [-0.3, -0.25) is 0 Å². The predicted octanol–water partition coefficient (Wildman–Crippen LogP) is 2.51. The molecule has 0 radical (unpaired) electrons. The Kier molecular flexibility index (Phi) is 2.23. The van der Waals surface area contributed by atoms with Crippen molar-refractivity contribution in [1.29, 1.82) is 0 Å². The number of aryl methyl sites for hydroxylation is 2. The summed E-state index contributed by atoms with van der Waals surface area (Å²) >= 11 is 0. The minimum atomic E-state index is -0.366. The minimum Gasteiger partial charge on any atom is -0.490 e. The maximum absolute atomic E-state index is 9.92. The molecular weight excluding hydrogens is 176 g/mol. The van der Waals surface area contributed by atoms with Crippen LogP contribution in [0.3, 0.4) is 0 Å². The van der Waals surface area contributed by atoms with E-state index < -0.39 is 0 Å². The van der Waals surface area contributed by atoms with Gasteiger partial charge in [-0.15, -0.1) is 0 Å². The lowest BCUT2D eigenvalue weighted by molar-refractivity contribution is 0.0743. The fraction of sp³-hybridized carbons (Fsp3) is 0.500. The van der Waals surface area contributed by atoms with E-state index in [1.54, 1.807) is 0 Å². The molecule has 1 heterocycles. The van der Waals surface area contributed by atoms with Crippen LogP contribution in [0.25, 0.3) is 0 Å². The fourth-order valence-electron chi connectivity index (χ4n) is 2.16. The van der Waals surface area contributed by atoms with E-state index in [-0.39, 0.29) is 12.2 Å². The number of ether oxygens (including phenoxy) is 1. The Labute approximate surface area is 84.5 Å². The number of rotatable bonds is 0. The first-order chi connectivity index (χ1) is 6.58. The lowest BCUT2D eigenvalue weighted by Crippen LogP contribution is -2.23. The molecule has 1 aliphatic rings. The Hall–Kier alpha value is -1.02. The SMILES string of the molecule is Cc1cc(C)c2c(c1)OC(C)CC2O. The van der Waals surface area contributed by atoms with Crippen molar-refractivity contribution in [2.45, 2.75) is 39.4 Å². The van der Waals surface area contributed by atoms with Gasteiger partial charge in [0, 0.05) is 12.0 Å². The highest BCUT2D eigenvalue weighted by Gasteiger charge is 2.25. The molecule has 0 fully saturated rings. The lowest BCUT2D eigenvalue weighted by Gasteiger charge is -2.29. The minimum absolute atomic E-state index is 0.110. The third kappa shape index (κ3) is 1.50. The number of hydrogen-bond donors (Lipinski definition) is 1. The molecule has 76 valence electrons. The van der Waals surface area contributed by atoms with Crippen molar-refractivity contribution < 1.29 is 9.84 Å². The highest BCUT2D eigenvalue weighted by atomic mass is 16.5. The lowest BCUT2D eigenvalue weighted by atomic mass is 9.94. The molecule has 0 spiro atoms. The second kappa shape index (κ2) is 3.28. The number of hydrogen-bond acceptors (Lipinski definition) is 2. The zero-order valence-corrected chi connectivity index (χ0v) is 8.87. The number of fused-ring (bicyclic) bond motifs is 1. The molecule has 1 aromatic carbocycles. The third-order valence-electron chi connectivity index (χ3n) is 2.71. The van der Waals surface area contributed by atoms with Crippen molar-refractivity contribution in [1.82, 2.24) is 0 Å². The van der Waals surface area contributed by atoms with Gasteiger partial charge < -0.3 is 9.84 Å². The number of aliphatic hydroxyl groups excluding tert-OH is 1. The largest absolute Gasteiger partial charge is 0.490 e. The van der Waals surface area contributed by atoms with E-state index >= 15 is 0 Å². The number of aliphatic hydroxyl groups is 1. The summed E-state index contributed by atoms with van der Waals surface area (Å²) in [6, 6.07) is 4.09. The summed E-state index contributed by atoms with van der Waals surface area (Å²) < 4.78 is 5.70. The van der Waals surface area contributed by atoms with Gasteiger partial charge in [0.25, 0.3) is 0 Å². The van der Waals surface area contributed by atoms with Crippen molar-refractivity contribution in [2.75, 3.05) is 0 Å². The molecule has 0 aliphatic carbocycles. The summed E-state index contributed by atoms with van der Waals surface area (Å²) in [7, 11) is 0. The van der Waals surface area contributed by atoms with Gasteiger partial charge in [-0.1, -0.05) is 6.07 Å². The first-order valence-electron chi connectivity index (χ1n) is 5.04.